The maximum atomic E-state index is 5.74. The van der Waals surface area contributed by atoms with Gasteiger partial charge >= 0.3 is 0 Å². The summed E-state index contributed by atoms with van der Waals surface area (Å²) in [6.07, 6.45) is 4.84. The third kappa shape index (κ3) is 2.13. The summed E-state index contributed by atoms with van der Waals surface area (Å²) in [4.78, 5) is 16.7. The summed E-state index contributed by atoms with van der Waals surface area (Å²) >= 11 is 0. The molecule has 2 aromatic rings. The van der Waals surface area contributed by atoms with Crippen molar-refractivity contribution in [2.75, 3.05) is 5.73 Å². The van der Waals surface area contributed by atoms with Gasteiger partial charge in [0.05, 0.1) is 6.20 Å². The van der Waals surface area contributed by atoms with E-state index in [4.69, 9.17) is 5.73 Å². The van der Waals surface area contributed by atoms with E-state index in [0.717, 1.165) is 5.69 Å². The average Bonchev–Trinajstić information content (AvgIpc) is 2.29. The number of anilines is 1. The molecule has 2 rings (SSSR count). The van der Waals surface area contributed by atoms with E-state index in [2.05, 4.69) is 33.8 Å². The largest absolute Gasteiger partial charge is 0.384 e. The summed E-state index contributed by atoms with van der Waals surface area (Å²) in [5.74, 6) is 1.29. The smallest absolute Gasteiger partial charge is 0.182 e. The minimum absolute atomic E-state index is 0.306. The first kappa shape index (κ1) is 10.5. The molecule has 0 aliphatic rings. The molecule has 0 saturated heterocycles. The van der Waals surface area contributed by atoms with Gasteiger partial charge in [0.1, 0.15) is 11.5 Å². The number of hydrogen-bond donors (Lipinski definition) is 1. The van der Waals surface area contributed by atoms with Crippen LogP contribution in [0.4, 0.5) is 5.82 Å². The quantitative estimate of drug-likeness (QED) is 0.823. The fourth-order valence-corrected chi connectivity index (χ4v) is 1.31. The Bertz CT molecular complexity index is 481. The Morgan fingerprint density at radius 1 is 1.19 bits per heavy atom. The van der Waals surface area contributed by atoms with Gasteiger partial charge in [0, 0.05) is 24.2 Å². The second kappa shape index (κ2) is 4.22. The van der Waals surface area contributed by atoms with Crippen molar-refractivity contribution in [2.45, 2.75) is 19.8 Å². The number of nitrogens with two attached hydrogens (primary N) is 1. The Morgan fingerprint density at radius 2 is 2.00 bits per heavy atom. The predicted molar refractivity (Wildman–Crippen MR) is 61.6 cm³/mol. The van der Waals surface area contributed by atoms with E-state index in [1.807, 2.05) is 0 Å². The molecule has 0 radical (unpaired) electrons. The standard InChI is InChI=1S/C11H13N5/c1-7(2)8-5-10(12)16-11(15-8)9-6-13-3-4-14-9/h3-7H,1-2H3,(H2,12,15,16). The van der Waals surface area contributed by atoms with Gasteiger partial charge in [-0.3, -0.25) is 4.98 Å². The summed E-state index contributed by atoms with van der Waals surface area (Å²) in [6, 6.07) is 1.78. The second-order valence-electron chi connectivity index (χ2n) is 3.79. The van der Waals surface area contributed by atoms with Crippen LogP contribution in [0.2, 0.25) is 0 Å². The lowest BCUT2D eigenvalue weighted by Gasteiger charge is -2.07. The molecule has 82 valence electrons. The molecule has 0 unspecified atom stereocenters. The molecule has 0 saturated carbocycles. The molecule has 0 aromatic carbocycles. The fraction of sp³-hybridized carbons (Fsp3) is 0.273. The number of nitrogen functional groups attached to an aromatic ring is 1. The average molecular weight is 215 g/mol. The van der Waals surface area contributed by atoms with Crippen LogP contribution in [-0.4, -0.2) is 19.9 Å². The van der Waals surface area contributed by atoms with Crippen molar-refractivity contribution in [1.29, 1.82) is 0 Å². The molecule has 2 N–H and O–H groups in total. The Kier molecular flexibility index (Phi) is 2.76. The van der Waals surface area contributed by atoms with Crippen LogP contribution in [-0.2, 0) is 0 Å². The minimum atomic E-state index is 0.306. The Morgan fingerprint density at radius 3 is 2.62 bits per heavy atom. The lowest BCUT2D eigenvalue weighted by Crippen LogP contribution is -2.02. The topological polar surface area (TPSA) is 77.6 Å². The SMILES string of the molecule is CC(C)c1cc(N)nc(-c2cnccn2)n1. The van der Waals surface area contributed by atoms with Crippen molar-refractivity contribution < 1.29 is 0 Å². The first-order valence-corrected chi connectivity index (χ1v) is 5.07. The van der Waals surface area contributed by atoms with E-state index in [9.17, 15) is 0 Å². The first-order chi connectivity index (χ1) is 7.66. The zero-order chi connectivity index (χ0) is 11.5. The number of aromatic nitrogens is 4. The van der Waals surface area contributed by atoms with Crippen LogP contribution >= 0.6 is 0 Å². The van der Waals surface area contributed by atoms with Crippen LogP contribution in [0.1, 0.15) is 25.5 Å². The van der Waals surface area contributed by atoms with Crippen LogP contribution in [0.15, 0.2) is 24.7 Å². The highest BCUT2D eigenvalue weighted by Crippen LogP contribution is 2.18. The molecular weight excluding hydrogens is 202 g/mol. The highest BCUT2D eigenvalue weighted by molar-refractivity contribution is 5.50. The molecule has 0 bridgehead atoms. The number of hydrogen-bond acceptors (Lipinski definition) is 5. The van der Waals surface area contributed by atoms with Gasteiger partial charge in [-0.25, -0.2) is 15.0 Å². The highest BCUT2D eigenvalue weighted by atomic mass is 15.0. The monoisotopic (exact) mass is 215 g/mol. The molecular formula is C11H13N5. The molecule has 0 aliphatic heterocycles. The summed E-state index contributed by atoms with van der Waals surface area (Å²) < 4.78 is 0. The molecule has 0 spiro atoms. The minimum Gasteiger partial charge on any atom is -0.384 e. The molecule has 5 heteroatoms. The van der Waals surface area contributed by atoms with Gasteiger partial charge in [-0.1, -0.05) is 13.8 Å². The van der Waals surface area contributed by atoms with Crippen molar-refractivity contribution in [2.24, 2.45) is 0 Å². The van der Waals surface area contributed by atoms with E-state index >= 15 is 0 Å². The van der Waals surface area contributed by atoms with Crippen LogP contribution in [0.5, 0.6) is 0 Å². The molecule has 0 fully saturated rings. The summed E-state index contributed by atoms with van der Waals surface area (Å²) in [6.45, 7) is 4.12. The molecule has 2 aromatic heterocycles. The first-order valence-electron chi connectivity index (χ1n) is 5.07. The molecule has 0 atom stereocenters. The van der Waals surface area contributed by atoms with Gasteiger partial charge in [-0.05, 0) is 5.92 Å². The summed E-state index contributed by atoms with van der Waals surface area (Å²) in [5, 5.41) is 0. The van der Waals surface area contributed by atoms with Crippen LogP contribution in [0, 0.1) is 0 Å². The summed E-state index contributed by atoms with van der Waals surface area (Å²) in [5.41, 5.74) is 7.28. The van der Waals surface area contributed by atoms with E-state index in [1.165, 1.54) is 0 Å². The van der Waals surface area contributed by atoms with Crippen molar-refractivity contribution in [1.82, 2.24) is 19.9 Å². The van der Waals surface area contributed by atoms with Gasteiger partial charge in [0.2, 0.25) is 0 Å². The molecule has 0 aliphatic carbocycles. The van der Waals surface area contributed by atoms with E-state index in [1.54, 1.807) is 24.7 Å². The molecule has 16 heavy (non-hydrogen) atoms. The van der Waals surface area contributed by atoms with E-state index in [-0.39, 0.29) is 0 Å². The number of rotatable bonds is 2. The van der Waals surface area contributed by atoms with Crippen LogP contribution in [0.3, 0.4) is 0 Å². The Labute approximate surface area is 93.8 Å². The maximum Gasteiger partial charge on any atom is 0.182 e. The van der Waals surface area contributed by atoms with E-state index in [0.29, 0.717) is 23.3 Å². The summed E-state index contributed by atoms with van der Waals surface area (Å²) in [7, 11) is 0. The Balaban J connectivity index is 2.50. The zero-order valence-corrected chi connectivity index (χ0v) is 9.25. The number of nitrogens with zero attached hydrogens (tertiary/aromatic N) is 4. The Hall–Kier alpha value is -2.04. The van der Waals surface area contributed by atoms with Crippen LogP contribution < -0.4 is 5.73 Å². The van der Waals surface area contributed by atoms with E-state index < -0.39 is 0 Å². The fourth-order valence-electron chi connectivity index (χ4n) is 1.31. The van der Waals surface area contributed by atoms with Crippen LogP contribution in [0.25, 0.3) is 11.5 Å². The molecule has 0 amide bonds. The van der Waals surface area contributed by atoms with Gasteiger partial charge in [-0.15, -0.1) is 0 Å². The van der Waals surface area contributed by atoms with Gasteiger partial charge < -0.3 is 5.73 Å². The van der Waals surface area contributed by atoms with Gasteiger partial charge in [0.25, 0.3) is 0 Å². The zero-order valence-electron chi connectivity index (χ0n) is 9.25. The lowest BCUT2D eigenvalue weighted by atomic mass is 10.1. The normalized spacial score (nSPS) is 10.7. The van der Waals surface area contributed by atoms with Crippen molar-refractivity contribution in [3.8, 4) is 11.5 Å². The molecule has 5 nitrogen and oxygen atoms in total. The van der Waals surface area contributed by atoms with Crippen molar-refractivity contribution in [3.63, 3.8) is 0 Å². The highest BCUT2D eigenvalue weighted by Gasteiger charge is 2.08. The van der Waals surface area contributed by atoms with Crippen molar-refractivity contribution in [3.05, 3.63) is 30.4 Å². The molecule has 2 heterocycles. The maximum absolute atomic E-state index is 5.74. The van der Waals surface area contributed by atoms with Crippen molar-refractivity contribution >= 4 is 5.82 Å². The predicted octanol–water partition coefficient (Wildman–Crippen LogP) is 1.64. The third-order valence-electron chi connectivity index (χ3n) is 2.15. The van der Waals surface area contributed by atoms with Gasteiger partial charge in [0.15, 0.2) is 5.82 Å². The third-order valence-corrected chi connectivity index (χ3v) is 2.15. The lowest BCUT2D eigenvalue weighted by molar-refractivity contribution is 0.817. The van der Waals surface area contributed by atoms with Gasteiger partial charge in [-0.2, -0.15) is 0 Å². The second-order valence-corrected chi connectivity index (χ2v) is 3.79.